The summed E-state index contributed by atoms with van der Waals surface area (Å²) in [6.45, 7) is 33.8. The summed E-state index contributed by atoms with van der Waals surface area (Å²) >= 11 is 0. The molecule has 0 fully saturated rings. The fourth-order valence-electron chi connectivity index (χ4n) is 3.39. The summed E-state index contributed by atoms with van der Waals surface area (Å²) in [6, 6.07) is 0. The van der Waals surface area contributed by atoms with E-state index in [1.165, 1.54) is 25.9 Å². The Morgan fingerprint density at radius 3 is 0.833 bits per heavy atom. The van der Waals surface area contributed by atoms with Gasteiger partial charge in [-0.15, -0.1) is 4.31 Å². The third kappa shape index (κ3) is 9.16. The van der Waals surface area contributed by atoms with Gasteiger partial charge in [-0.05, 0) is 13.8 Å². The van der Waals surface area contributed by atoms with Gasteiger partial charge in [-0.2, -0.15) is 0 Å². The maximum atomic E-state index is 2.68. The lowest BCUT2D eigenvalue weighted by Crippen LogP contribution is -2.44. The molecule has 0 aromatic rings. The van der Waals surface area contributed by atoms with Crippen LogP contribution >= 0.6 is 14.8 Å². The molecule has 0 saturated heterocycles. The van der Waals surface area contributed by atoms with Crippen LogP contribution in [0.1, 0.15) is 69.2 Å². The average Bonchev–Trinajstić information content (AvgIpc) is 2.77. The Kier molecular flexibility index (Phi) is 18.3. The number of hydrogen-bond donors (Lipinski definition) is 0. The second kappa shape index (κ2) is 18.0. The van der Waals surface area contributed by atoms with Crippen LogP contribution in [0.3, 0.4) is 0 Å². The monoisotopic (exact) mass is 478 g/mol. The van der Waals surface area contributed by atoms with Crippen molar-refractivity contribution in [3.63, 3.8) is 0 Å². The molecule has 0 unspecified atom stereocenters. The predicted octanol–water partition coefficient (Wildman–Crippen LogP) is 5.13. The van der Waals surface area contributed by atoms with Crippen molar-refractivity contribution in [1.82, 2.24) is 23.9 Å². The van der Waals surface area contributed by atoms with Crippen molar-refractivity contribution < 1.29 is 0 Å². The van der Waals surface area contributed by atoms with E-state index in [2.05, 4.69) is 93.1 Å². The highest BCUT2D eigenvalue weighted by molar-refractivity contribution is 8.73. The van der Waals surface area contributed by atoms with Gasteiger partial charge < -0.3 is 0 Å². The van der Waals surface area contributed by atoms with E-state index in [0.29, 0.717) is 0 Å². The van der Waals surface area contributed by atoms with Crippen LogP contribution in [-0.2, 0) is 10.3 Å². The van der Waals surface area contributed by atoms with Crippen molar-refractivity contribution in [2.45, 2.75) is 69.2 Å². The lowest BCUT2D eigenvalue weighted by molar-refractivity contribution is 0.363. The Labute approximate surface area is 194 Å². The highest BCUT2D eigenvalue weighted by Crippen LogP contribution is 2.35. The molecule has 30 heavy (non-hydrogen) atoms. The summed E-state index contributed by atoms with van der Waals surface area (Å²) in [5.74, 6) is 0. The molecule has 0 saturated carbocycles. The molecule has 0 aromatic carbocycles. The molecule has 0 aliphatic heterocycles. The molecular weight excluding hydrogens is 428 g/mol. The van der Waals surface area contributed by atoms with Gasteiger partial charge in [0.05, 0.1) is 0 Å². The van der Waals surface area contributed by atoms with E-state index in [-0.39, 0.29) is 10.3 Å². The van der Waals surface area contributed by atoms with Gasteiger partial charge >= 0.3 is 0 Å². The van der Waals surface area contributed by atoms with Crippen molar-refractivity contribution in [3.8, 4) is 0 Å². The molecule has 178 valence electrons. The van der Waals surface area contributed by atoms with Crippen LogP contribution in [-0.4, -0.2) is 100 Å². The highest BCUT2D eigenvalue weighted by Gasteiger charge is 2.32. The number of rotatable bonds is 17. The SMILES string of the molecule is CCN(CC)C(=P[S+](P=C(N(CC)CC)N(CC)CC)N(CC)CC)N(CC)CC. The maximum absolute atomic E-state index is 2.68. The Morgan fingerprint density at radius 2 is 0.667 bits per heavy atom. The summed E-state index contributed by atoms with van der Waals surface area (Å²) in [4.78, 5) is 10.3. The summed E-state index contributed by atoms with van der Waals surface area (Å²) in [7, 11) is 3.04. The molecule has 5 nitrogen and oxygen atoms in total. The fourth-order valence-corrected chi connectivity index (χ4v) is 12.2. The lowest BCUT2D eigenvalue weighted by atomic mass is 10.5. The minimum Gasteiger partial charge on any atom is -0.258 e. The number of hydrogen-bond acceptors (Lipinski definition) is 1. The van der Waals surface area contributed by atoms with Crippen LogP contribution in [0.2, 0.25) is 0 Å². The van der Waals surface area contributed by atoms with Crippen LogP contribution in [0.25, 0.3) is 0 Å². The zero-order valence-electron chi connectivity index (χ0n) is 21.6. The Balaban J connectivity index is 6.64. The minimum absolute atomic E-state index is 0.119. The number of nitrogens with zero attached hydrogens (tertiary/aromatic N) is 5. The molecule has 0 aliphatic rings. The zero-order valence-corrected chi connectivity index (χ0v) is 24.2. The molecular formula is C22H50N5P2S+. The molecule has 0 atom stereocenters. The zero-order chi connectivity index (χ0) is 23.1. The van der Waals surface area contributed by atoms with Crippen molar-refractivity contribution >= 4 is 36.2 Å². The lowest BCUT2D eigenvalue weighted by Gasteiger charge is -2.30. The van der Waals surface area contributed by atoms with E-state index in [9.17, 15) is 0 Å². The van der Waals surface area contributed by atoms with Gasteiger partial charge in [0.15, 0.2) is 10.3 Å². The van der Waals surface area contributed by atoms with Gasteiger partial charge in [-0.1, -0.05) is 55.4 Å². The van der Waals surface area contributed by atoms with Gasteiger partial charge in [0, 0.05) is 65.4 Å². The third-order valence-corrected chi connectivity index (χ3v) is 13.0. The summed E-state index contributed by atoms with van der Waals surface area (Å²) in [6.07, 6.45) is 0. The largest absolute Gasteiger partial charge is 0.258 e. The van der Waals surface area contributed by atoms with E-state index in [1.54, 1.807) is 0 Å². The maximum Gasteiger partial charge on any atom is 0.234 e. The van der Waals surface area contributed by atoms with E-state index in [4.69, 9.17) is 0 Å². The molecule has 0 spiro atoms. The second-order valence-corrected chi connectivity index (χ2v) is 13.0. The Morgan fingerprint density at radius 1 is 0.433 bits per heavy atom. The molecule has 0 rings (SSSR count). The third-order valence-electron chi connectivity index (χ3n) is 5.45. The molecule has 0 N–H and O–H groups in total. The summed E-state index contributed by atoms with van der Waals surface area (Å²) in [5, 5.41) is 0. The van der Waals surface area contributed by atoms with Crippen LogP contribution < -0.4 is 0 Å². The van der Waals surface area contributed by atoms with Gasteiger partial charge in [0.25, 0.3) is 0 Å². The summed E-state index contributed by atoms with van der Waals surface area (Å²) in [5.41, 5.74) is 3.01. The van der Waals surface area contributed by atoms with Gasteiger partial charge in [0.1, 0.15) is 11.1 Å². The summed E-state index contributed by atoms with van der Waals surface area (Å²) < 4.78 is 2.68. The van der Waals surface area contributed by atoms with Gasteiger partial charge in [-0.3, -0.25) is 19.6 Å². The predicted molar refractivity (Wildman–Crippen MR) is 146 cm³/mol. The minimum atomic E-state index is 0.119. The van der Waals surface area contributed by atoms with Gasteiger partial charge in [-0.25, -0.2) is 0 Å². The molecule has 8 heteroatoms. The first-order valence-corrected chi connectivity index (χ1v) is 16.3. The first-order valence-electron chi connectivity index (χ1n) is 12.1. The molecule has 0 heterocycles. The van der Waals surface area contributed by atoms with Gasteiger partial charge in [0.2, 0.25) is 14.8 Å². The molecule has 0 aromatic heterocycles. The first-order chi connectivity index (χ1) is 14.5. The topological polar surface area (TPSA) is 16.2 Å². The van der Waals surface area contributed by atoms with Crippen molar-refractivity contribution in [1.29, 1.82) is 0 Å². The first kappa shape index (κ1) is 30.5. The highest BCUT2D eigenvalue weighted by atomic mass is 33.1. The van der Waals surface area contributed by atoms with Crippen LogP contribution in [0.4, 0.5) is 0 Å². The van der Waals surface area contributed by atoms with E-state index < -0.39 is 0 Å². The van der Waals surface area contributed by atoms with E-state index in [1.807, 2.05) is 0 Å². The molecule has 0 radical (unpaired) electrons. The Bertz CT molecular complexity index is 418. The van der Waals surface area contributed by atoms with Crippen molar-refractivity contribution in [2.75, 3.05) is 65.4 Å². The van der Waals surface area contributed by atoms with Crippen LogP contribution in [0.15, 0.2) is 0 Å². The molecule has 0 amide bonds. The van der Waals surface area contributed by atoms with Crippen molar-refractivity contribution in [3.05, 3.63) is 0 Å². The van der Waals surface area contributed by atoms with Crippen LogP contribution in [0, 0.1) is 0 Å². The normalized spacial score (nSPS) is 13.6. The standard InChI is InChI=1S/C22H50N5P2S/c1-11-23(12-2)21(24(13-3)14-4)28-30(27(19-9)20-10)29-22(25(15-5)16-6)26(17-7)18-8/h11-20H2,1-10H3/q+1. The fraction of sp³-hybridized carbons (Fsp3) is 0.909. The average molecular weight is 479 g/mol. The van der Waals surface area contributed by atoms with Crippen molar-refractivity contribution in [2.24, 2.45) is 0 Å². The molecule has 0 aliphatic carbocycles. The molecule has 0 bridgehead atoms. The smallest absolute Gasteiger partial charge is 0.234 e. The Hall–Kier alpha value is 0.490. The van der Waals surface area contributed by atoms with E-state index in [0.717, 1.165) is 65.4 Å². The van der Waals surface area contributed by atoms with E-state index >= 15 is 0 Å². The quantitative estimate of drug-likeness (QED) is 0.212. The van der Waals surface area contributed by atoms with Crippen LogP contribution in [0.5, 0.6) is 0 Å². The second-order valence-electron chi connectivity index (χ2n) is 6.83.